The maximum absolute atomic E-state index is 11.7. The molecule has 9 heteroatoms. The van der Waals surface area contributed by atoms with Crippen molar-refractivity contribution in [2.75, 3.05) is 13.2 Å². The van der Waals surface area contributed by atoms with Crippen molar-refractivity contribution in [3.63, 3.8) is 0 Å². The van der Waals surface area contributed by atoms with Crippen LogP contribution >= 0.6 is 11.3 Å². The molecule has 0 atom stereocenters. The summed E-state index contributed by atoms with van der Waals surface area (Å²) in [5, 5.41) is 13.1. The average Bonchev–Trinajstić information content (AvgIpc) is 3.17. The molecular formula is C16H14N4O4S. The third kappa shape index (κ3) is 5.63. The second-order valence-electron chi connectivity index (χ2n) is 4.65. The highest BCUT2D eigenvalue weighted by atomic mass is 32.1. The van der Waals surface area contributed by atoms with Gasteiger partial charge in [0.1, 0.15) is 11.8 Å². The van der Waals surface area contributed by atoms with Crippen LogP contribution in [0.3, 0.4) is 0 Å². The maximum atomic E-state index is 11.7. The van der Waals surface area contributed by atoms with E-state index in [4.69, 9.17) is 10.00 Å². The number of nitrogens with zero attached hydrogens (tertiary/aromatic N) is 1. The van der Waals surface area contributed by atoms with Crippen LogP contribution in [0, 0.1) is 11.3 Å². The van der Waals surface area contributed by atoms with Crippen LogP contribution in [-0.4, -0.2) is 30.9 Å². The molecule has 1 heterocycles. The van der Waals surface area contributed by atoms with Crippen LogP contribution < -0.4 is 20.9 Å². The summed E-state index contributed by atoms with van der Waals surface area (Å²) < 4.78 is 5.22. The van der Waals surface area contributed by atoms with Crippen LogP contribution in [0.15, 0.2) is 41.8 Å². The fourth-order valence-corrected chi connectivity index (χ4v) is 2.34. The Balaban J connectivity index is 1.68. The molecule has 2 rings (SSSR count). The Labute approximate surface area is 147 Å². The molecule has 0 bridgehead atoms. The van der Waals surface area contributed by atoms with Crippen LogP contribution in [0.4, 0.5) is 0 Å². The first-order chi connectivity index (χ1) is 12.1. The summed E-state index contributed by atoms with van der Waals surface area (Å²) in [6, 6.07) is 11.8. The predicted molar refractivity (Wildman–Crippen MR) is 89.6 cm³/mol. The summed E-state index contributed by atoms with van der Waals surface area (Å²) in [4.78, 5) is 35.3. The summed E-state index contributed by atoms with van der Waals surface area (Å²) in [6.45, 7) is -0.657. The number of para-hydroxylation sites is 1. The van der Waals surface area contributed by atoms with Gasteiger partial charge in [0.25, 0.3) is 17.7 Å². The van der Waals surface area contributed by atoms with E-state index >= 15 is 0 Å². The van der Waals surface area contributed by atoms with E-state index in [9.17, 15) is 14.4 Å². The van der Waals surface area contributed by atoms with Crippen LogP contribution in [0.1, 0.15) is 15.2 Å². The molecule has 0 spiro atoms. The first kappa shape index (κ1) is 18.0. The predicted octanol–water partition coefficient (Wildman–Crippen LogP) is 0.576. The van der Waals surface area contributed by atoms with Crippen molar-refractivity contribution < 1.29 is 19.1 Å². The van der Waals surface area contributed by atoms with Crippen LogP contribution in [-0.2, 0) is 9.59 Å². The van der Waals surface area contributed by atoms with Crippen LogP contribution in [0.2, 0.25) is 0 Å². The highest BCUT2D eigenvalue weighted by Gasteiger charge is 2.10. The Bertz CT molecular complexity index is 799. The van der Waals surface area contributed by atoms with Gasteiger partial charge in [0.2, 0.25) is 0 Å². The van der Waals surface area contributed by atoms with Crippen molar-refractivity contribution >= 4 is 29.1 Å². The van der Waals surface area contributed by atoms with E-state index in [-0.39, 0.29) is 24.8 Å². The molecule has 8 nitrogen and oxygen atoms in total. The van der Waals surface area contributed by atoms with Crippen molar-refractivity contribution in [3.05, 3.63) is 52.2 Å². The molecule has 1 aromatic heterocycles. The van der Waals surface area contributed by atoms with E-state index in [2.05, 4.69) is 16.2 Å². The van der Waals surface area contributed by atoms with Crippen molar-refractivity contribution in [1.82, 2.24) is 16.2 Å². The van der Waals surface area contributed by atoms with Gasteiger partial charge in [-0.05, 0) is 23.6 Å². The van der Waals surface area contributed by atoms with Crippen LogP contribution in [0.25, 0.3) is 0 Å². The fourth-order valence-electron chi connectivity index (χ4n) is 1.70. The average molecular weight is 358 g/mol. The number of benzene rings is 1. The molecule has 3 amide bonds. The summed E-state index contributed by atoms with van der Waals surface area (Å²) >= 11 is 1.26. The molecule has 2 aromatic rings. The van der Waals surface area contributed by atoms with Crippen molar-refractivity contribution in [1.29, 1.82) is 5.26 Å². The summed E-state index contributed by atoms with van der Waals surface area (Å²) in [5.41, 5.74) is 4.61. The molecule has 0 unspecified atom stereocenters. The van der Waals surface area contributed by atoms with Gasteiger partial charge in [-0.2, -0.15) is 5.26 Å². The standard InChI is InChI=1S/C16H14N4O4S/c17-8-11-4-1-2-5-12(11)24-10-15(22)20-19-14(21)9-18-16(23)13-6-3-7-25-13/h1-7H,9-10H2,(H,18,23)(H,19,21)(H,20,22). The second-order valence-corrected chi connectivity index (χ2v) is 5.60. The van der Waals surface area contributed by atoms with E-state index in [1.54, 1.807) is 41.8 Å². The minimum atomic E-state index is -0.606. The first-order valence-electron chi connectivity index (χ1n) is 7.11. The Morgan fingerprint density at radius 3 is 2.56 bits per heavy atom. The summed E-state index contributed by atoms with van der Waals surface area (Å²) in [7, 11) is 0. The zero-order chi connectivity index (χ0) is 18.1. The second kappa shape index (κ2) is 9.05. The Morgan fingerprint density at radius 1 is 1.08 bits per heavy atom. The molecule has 128 valence electrons. The summed E-state index contributed by atoms with van der Waals surface area (Å²) in [5.74, 6) is -1.29. The topological polar surface area (TPSA) is 120 Å². The quantitative estimate of drug-likeness (QED) is 0.652. The molecule has 3 N–H and O–H groups in total. The third-order valence-electron chi connectivity index (χ3n) is 2.86. The Kier molecular flexibility index (Phi) is 6.50. The van der Waals surface area contributed by atoms with Crippen LogP contribution in [0.5, 0.6) is 5.75 Å². The SMILES string of the molecule is N#Cc1ccccc1OCC(=O)NNC(=O)CNC(=O)c1cccs1. The number of hydrogen-bond acceptors (Lipinski definition) is 6. The number of nitriles is 1. The molecule has 0 aliphatic rings. The van der Waals surface area contributed by atoms with Gasteiger partial charge >= 0.3 is 0 Å². The summed E-state index contributed by atoms with van der Waals surface area (Å²) in [6.07, 6.45) is 0. The molecule has 0 radical (unpaired) electrons. The molecule has 0 saturated carbocycles. The molecule has 0 aliphatic carbocycles. The highest BCUT2D eigenvalue weighted by Crippen LogP contribution is 2.16. The van der Waals surface area contributed by atoms with E-state index in [1.807, 2.05) is 6.07 Å². The zero-order valence-electron chi connectivity index (χ0n) is 12.9. The van der Waals surface area contributed by atoms with Gasteiger partial charge in [0.15, 0.2) is 6.61 Å². The smallest absolute Gasteiger partial charge is 0.276 e. The lowest BCUT2D eigenvalue weighted by Gasteiger charge is -2.09. The van der Waals surface area contributed by atoms with Crippen molar-refractivity contribution in [2.24, 2.45) is 0 Å². The molecule has 1 aromatic carbocycles. The minimum absolute atomic E-state index is 0.273. The lowest BCUT2D eigenvalue weighted by atomic mass is 10.2. The lowest BCUT2D eigenvalue weighted by Crippen LogP contribution is -2.47. The number of rotatable bonds is 6. The van der Waals surface area contributed by atoms with E-state index in [1.165, 1.54) is 11.3 Å². The monoisotopic (exact) mass is 358 g/mol. The lowest BCUT2D eigenvalue weighted by molar-refractivity contribution is -0.129. The van der Waals surface area contributed by atoms with Gasteiger partial charge in [0.05, 0.1) is 17.0 Å². The van der Waals surface area contributed by atoms with Gasteiger partial charge < -0.3 is 10.1 Å². The van der Waals surface area contributed by atoms with E-state index in [0.717, 1.165) is 0 Å². The maximum Gasteiger partial charge on any atom is 0.276 e. The van der Waals surface area contributed by atoms with Gasteiger partial charge in [-0.3, -0.25) is 25.2 Å². The number of carbonyl (C=O) groups excluding carboxylic acids is 3. The number of amides is 3. The fraction of sp³-hybridized carbons (Fsp3) is 0.125. The Hall–Kier alpha value is -3.38. The van der Waals surface area contributed by atoms with E-state index in [0.29, 0.717) is 10.4 Å². The highest BCUT2D eigenvalue weighted by molar-refractivity contribution is 7.12. The van der Waals surface area contributed by atoms with Crippen molar-refractivity contribution in [2.45, 2.75) is 0 Å². The number of hydrazine groups is 1. The molecule has 0 aliphatic heterocycles. The first-order valence-corrected chi connectivity index (χ1v) is 7.99. The minimum Gasteiger partial charge on any atom is -0.482 e. The largest absolute Gasteiger partial charge is 0.482 e. The van der Waals surface area contributed by atoms with E-state index < -0.39 is 11.8 Å². The van der Waals surface area contributed by atoms with Gasteiger partial charge in [-0.15, -0.1) is 11.3 Å². The number of thiophene rings is 1. The molecule has 25 heavy (non-hydrogen) atoms. The molecule has 0 fully saturated rings. The number of ether oxygens (including phenoxy) is 1. The Morgan fingerprint density at radius 2 is 1.84 bits per heavy atom. The third-order valence-corrected chi connectivity index (χ3v) is 3.73. The molecular weight excluding hydrogens is 344 g/mol. The number of nitrogens with one attached hydrogen (secondary N) is 3. The van der Waals surface area contributed by atoms with Crippen molar-refractivity contribution in [3.8, 4) is 11.8 Å². The molecule has 0 saturated heterocycles. The normalized spacial score (nSPS) is 9.56. The van der Waals surface area contributed by atoms with Gasteiger partial charge in [-0.25, -0.2) is 0 Å². The number of hydrogen-bond donors (Lipinski definition) is 3. The zero-order valence-corrected chi connectivity index (χ0v) is 13.8. The number of carbonyl (C=O) groups is 3. The van der Waals surface area contributed by atoms with Gasteiger partial charge in [0, 0.05) is 0 Å². The van der Waals surface area contributed by atoms with Gasteiger partial charge in [-0.1, -0.05) is 18.2 Å².